The lowest BCUT2D eigenvalue weighted by atomic mass is 10.0. The molecule has 0 heterocycles. The smallest absolute Gasteiger partial charge is 0.264 e. The second kappa shape index (κ2) is 9.58. The highest BCUT2D eigenvalue weighted by molar-refractivity contribution is 7.85. The fourth-order valence-electron chi connectivity index (χ4n) is 1.35. The third-order valence-corrected chi connectivity index (χ3v) is 3.36. The zero-order chi connectivity index (χ0) is 15.8. The Bertz CT molecular complexity index is 345. The molecule has 0 aliphatic rings. The molecule has 0 saturated carbocycles. The van der Waals surface area contributed by atoms with Crippen molar-refractivity contribution in [1.29, 1.82) is 0 Å². The highest BCUT2D eigenvalue weighted by atomic mass is 32.2. The minimum atomic E-state index is -3.99. The molecule has 10 heteroatoms. The summed E-state index contributed by atoms with van der Waals surface area (Å²) in [6.07, 6.45) is -5.93. The van der Waals surface area contributed by atoms with Crippen LogP contribution in [0.5, 0.6) is 0 Å². The Morgan fingerprint density at radius 3 is 2.00 bits per heavy atom. The van der Waals surface area contributed by atoms with Gasteiger partial charge in [-0.05, 0) is 12.8 Å². The molecule has 4 atom stereocenters. The number of ether oxygens (including phenoxy) is 1. The van der Waals surface area contributed by atoms with Crippen LogP contribution in [-0.2, 0) is 14.9 Å². The van der Waals surface area contributed by atoms with Crippen molar-refractivity contribution in [3.63, 3.8) is 0 Å². The Balaban J connectivity index is 3.80. The summed E-state index contributed by atoms with van der Waals surface area (Å²) in [6.45, 7) is -0.998. The van der Waals surface area contributed by atoms with Gasteiger partial charge in [0.25, 0.3) is 10.1 Å². The molecule has 0 saturated heterocycles. The van der Waals surface area contributed by atoms with E-state index in [-0.39, 0.29) is 25.4 Å². The van der Waals surface area contributed by atoms with Gasteiger partial charge in [-0.2, -0.15) is 8.42 Å². The molecule has 4 unspecified atom stereocenters. The Labute approximate surface area is 117 Å². The first-order chi connectivity index (χ1) is 9.19. The van der Waals surface area contributed by atoms with Crippen LogP contribution in [0, 0.1) is 0 Å². The second-order valence-corrected chi connectivity index (χ2v) is 5.94. The summed E-state index contributed by atoms with van der Waals surface area (Å²) in [5, 5.41) is 45.8. The van der Waals surface area contributed by atoms with E-state index >= 15 is 0 Å². The molecule has 0 radical (unpaired) electrons. The minimum absolute atomic E-state index is 0.0952. The van der Waals surface area contributed by atoms with Crippen molar-refractivity contribution >= 4 is 10.1 Å². The molecule has 0 fully saturated rings. The molecule has 0 aliphatic carbocycles. The Morgan fingerprint density at radius 2 is 1.50 bits per heavy atom. The Kier molecular flexibility index (Phi) is 9.42. The first-order valence-electron chi connectivity index (χ1n) is 6.05. The van der Waals surface area contributed by atoms with E-state index < -0.39 is 41.1 Å². The van der Waals surface area contributed by atoms with E-state index in [1.165, 1.54) is 0 Å². The highest BCUT2D eigenvalue weighted by Gasteiger charge is 2.29. The third-order valence-electron chi connectivity index (χ3n) is 2.55. The molecule has 0 bridgehead atoms. The first-order valence-corrected chi connectivity index (χ1v) is 7.66. The lowest BCUT2D eigenvalue weighted by Crippen LogP contribution is -2.47. The summed E-state index contributed by atoms with van der Waals surface area (Å²) < 4.78 is 34.2. The van der Waals surface area contributed by atoms with Crippen molar-refractivity contribution in [3.8, 4) is 0 Å². The number of aliphatic hydroxyl groups is 5. The van der Waals surface area contributed by atoms with Gasteiger partial charge in [-0.15, -0.1) is 0 Å². The molecule has 0 spiro atoms. The summed E-state index contributed by atoms with van der Waals surface area (Å²) in [5.74, 6) is -0.386. The van der Waals surface area contributed by atoms with E-state index in [0.29, 0.717) is 6.42 Å². The van der Waals surface area contributed by atoms with Gasteiger partial charge in [0.2, 0.25) is 0 Å². The molecular weight excluding hydrogens is 296 g/mol. The molecule has 9 nitrogen and oxygen atoms in total. The number of hydrogen-bond donors (Lipinski definition) is 6. The van der Waals surface area contributed by atoms with Gasteiger partial charge in [0.15, 0.2) is 0 Å². The van der Waals surface area contributed by atoms with Crippen molar-refractivity contribution < 1.29 is 43.2 Å². The largest absolute Gasteiger partial charge is 0.394 e. The van der Waals surface area contributed by atoms with Crippen LogP contribution in [0.3, 0.4) is 0 Å². The summed E-state index contributed by atoms with van der Waals surface area (Å²) in [5.41, 5.74) is 0. The Morgan fingerprint density at radius 1 is 0.950 bits per heavy atom. The molecule has 0 rings (SSSR count). The summed E-state index contributed by atoms with van der Waals surface area (Å²) in [6, 6.07) is 0. The summed E-state index contributed by atoms with van der Waals surface area (Å²) in [4.78, 5) is 0. The molecule has 0 aliphatic heterocycles. The highest BCUT2D eigenvalue weighted by Crippen LogP contribution is 2.06. The van der Waals surface area contributed by atoms with Crippen LogP contribution < -0.4 is 0 Å². The molecule has 0 amide bonds. The van der Waals surface area contributed by atoms with Crippen molar-refractivity contribution in [2.45, 2.75) is 37.3 Å². The summed E-state index contributed by atoms with van der Waals surface area (Å²) in [7, 11) is -3.99. The molecule has 0 aromatic heterocycles. The van der Waals surface area contributed by atoms with Gasteiger partial charge >= 0.3 is 0 Å². The van der Waals surface area contributed by atoms with Crippen LogP contribution >= 0.6 is 0 Å². The van der Waals surface area contributed by atoms with Crippen molar-refractivity contribution in [2.75, 3.05) is 25.6 Å². The normalized spacial score (nSPS) is 18.5. The zero-order valence-corrected chi connectivity index (χ0v) is 11.7. The zero-order valence-electron chi connectivity index (χ0n) is 10.9. The second-order valence-electron chi connectivity index (χ2n) is 4.37. The van der Waals surface area contributed by atoms with Crippen LogP contribution in [0.25, 0.3) is 0 Å². The molecule has 0 aromatic rings. The van der Waals surface area contributed by atoms with Gasteiger partial charge in [-0.1, -0.05) is 0 Å². The maximum atomic E-state index is 10.4. The first kappa shape index (κ1) is 19.7. The summed E-state index contributed by atoms with van der Waals surface area (Å²) >= 11 is 0. The van der Waals surface area contributed by atoms with Crippen LogP contribution in [-0.4, -0.2) is 88.5 Å². The maximum Gasteiger partial charge on any atom is 0.264 e. The lowest BCUT2D eigenvalue weighted by Gasteiger charge is -2.25. The van der Waals surface area contributed by atoms with Gasteiger partial charge in [-0.3, -0.25) is 4.55 Å². The molecule has 0 aromatic carbocycles. The van der Waals surface area contributed by atoms with E-state index in [0.717, 1.165) is 0 Å². The van der Waals surface area contributed by atoms with Crippen molar-refractivity contribution in [3.05, 3.63) is 0 Å². The van der Waals surface area contributed by atoms with Gasteiger partial charge in [0, 0.05) is 6.61 Å². The number of rotatable bonds is 11. The quantitative estimate of drug-likeness (QED) is 0.173. The topological polar surface area (TPSA) is 165 Å². The van der Waals surface area contributed by atoms with E-state index in [1.54, 1.807) is 0 Å². The van der Waals surface area contributed by atoms with Crippen LogP contribution in [0.4, 0.5) is 0 Å². The van der Waals surface area contributed by atoms with Gasteiger partial charge in [-0.25, -0.2) is 0 Å². The van der Waals surface area contributed by atoms with E-state index in [9.17, 15) is 23.7 Å². The van der Waals surface area contributed by atoms with Gasteiger partial charge in [0.1, 0.15) is 24.4 Å². The van der Waals surface area contributed by atoms with Crippen molar-refractivity contribution in [2.24, 2.45) is 0 Å². The average Bonchev–Trinajstić information content (AvgIpc) is 2.38. The number of aliphatic hydroxyl groups excluding tert-OH is 5. The van der Waals surface area contributed by atoms with Crippen LogP contribution in [0.1, 0.15) is 12.8 Å². The van der Waals surface area contributed by atoms with Crippen LogP contribution in [0.2, 0.25) is 0 Å². The monoisotopic (exact) mass is 318 g/mol. The van der Waals surface area contributed by atoms with E-state index in [1.807, 2.05) is 0 Å². The standard InChI is InChI=1S/C10H22O9S/c11-5-7(12)9(14)10(15)8(13)6-19-3-1-2-4-20(16,17)18/h7-15H,1-6H2,(H,16,17,18). The fraction of sp³-hybridized carbons (Fsp3) is 1.00. The van der Waals surface area contributed by atoms with Crippen molar-refractivity contribution in [1.82, 2.24) is 0 Å². The molecule has 6 N–H and O–H groups in total. The Hall–Kier alpha value is -0.330. The molecular formula is C10H22O9S. The predicted octanol–water partition coefficient (Wildman–Crippen LogP) is -2.89. The molecule has 20 heavy (non-hydrogen) atoms. The third kappa shape index (κ3) is 8.76. The maximum absolute atomic E-state index is 10.4. The SMILES string of the molecule is O=S(=O)(O)CCCCOCC(O)C(O)C(O)C(O)CO. The van der Waals surface area contributed by atoms with Gasteiger partial charge < -0.3 is 30.3 Å². The molecule has 122 valence electrons. The number of hydrogen-bond acceptors (Lipinski definition) is 8. The van der Waals surface area contributed by atoms with Crippen LogP contribution in [0.15, 0.2) is 0 Å². The van der Waals surface area contributed by atoms with E-state index in [2.05, 4.69) is 0 Å². The van der Waals surface area contributed by atoms with Gasteiger partial charge in [0.05, 0.1) is 19.0 Å². The minimum Gasteiger partial charge on any atom is -0.394 e. The van der Waals surface area contributed by atoms with E-state index in [4.69, 9.17) is 19.5 Å². The number of unbranched alkanes of at least 4 members (excludes halogenated alkanes) is 1. The lowest BCUT2D eigenvalue weighted by molar-refractivity contribution is -0.129. The predicted molar refractivity (Wildman–Crippen MR) is 67.6 cm³/mol. The average molecular weight is 318 g/mol. The fourth-order valence-corrected chi connectivity index (χ4v) is 1.92.